The number of aromatic amines is 1. The van der Waals surface area contributed by atoms with Crippen LogP contribution in [0.25, 0.3) is 21.1 Å². The Balaban J connectivity index is 1.27. The lowest BCUT2D eigenvalue weighted by Gasteiger charge is -2.23. The first-order chi connectivity index (χ1) is 19.5. The SMILES string of the molecule is CC(C)[C@@H](C(=O)NC(Cc1c[nH]c2ccccc12)C(=O)O)n1cc(COc2ccc3nc(S(N)(=O)=O)sc3c2)nn1. The van der Waals surface area contributed by atoms with Gasteiger partial charge in [-0.05, 0) is 35.7 Å². The highest BCUT2D eigenvalue weighted by molar-refractivity contribution is 7.91. The zero-order valence-corrected chi connectivity index (χ0v) is 23.6. The second-order valence-corrected chi connectivity index (χ2v) is 12.6. The summed E-state index contributed by atoms with van der Waals surface area (Å²) in [6.45, 7) is 3.69. The first-order valence-electron chi connectivity index (χ1n) is 12.5. The van der Waals surface area contributed by atoms with E-state index in [4.69, 9.17) is 9.88 Å². The van der Waals surface area contributed by atoms with Crippen molar-refractivity contribution in [3.05, 3.63) is 66.1 Å². The molecule has 5 rings (SSSR count). The molecule has 0 saturated heterocycles. The number of nitrogens with zero attached hydrogens (tertiary/aromatic N) is 4. The zero-order chi connectivity index (χ0) is 29.3. The number of thiazole rings is 1. The molecule has 0 aliphatic rings. The molecule has 0 fully saturated rings. The van der Waals surface area contributed by atoms with Gasteiger partial charge in [-0.2, -0.15) is 0 Å². The number of carboxylic acid groups (broad SMARTS) is 1. The van der Waals surface area contributed by atoms with Gasteiger partial charge < -0.3 is 20.1 Å². The maximum atomic E-state index is 13.3. The molecule has 0 aliphatic heterocycles. The van der Waals surface area contributed by atoms with E-state index in [-0.39, 0.29) is 23.3 Å². The Morgan fingerprint density at radius 1 is 1.22 bits per heavy atom. The minimum absolute atomic E-state index is 0.0249. The van der Waals surface area contributed by atoms with Crippen molar-refractivity contribution in [2.24, 2.45) is 11.1 Å². The van der Waals surface area contributed by atoms with Gasteiger partial charge in [0.25, 0.3) is 10.0 Å². The fourth-order valence-electron chi connectivity index (χ4n) is 4.47. The van der Waals surface area contributed by atoms with E-state index in [2.05, 4.69) is 25.6 Å². The van der Waals surface area contributed by atoms with Gasteiger partial charge in [-0.3, -0.25) is 4.79 Å². The summed E-state index contributed by atoms with van der Waals surface area (Å²) in [5.41, 5.74) is 2.58. The molecular weight excluding hydrogens is 570 g/mol. The van der Waals surface area contributed by atoms with E-state index in [0.717, 1.165) is 27.8 Å². The number of hydrogen-bond acceptors (Lipinski definition) is 9. The topological polar surface area (TPSA) is 195 Å². The van der Waals surface area contributed by atoms with Crippen LogP contribution in [0, 0.1) is 5.92 Å². The Kier molecular flexibility index (Phi) is 7.75. The van der Waals surface area contributed by atoms with Gasteiger partial charge >= 0.3 is 5.97 Å². The van der Waals surface area contributed by atoms with Gasteiger partial charge in [-0.15, -0.1) is 16.4 Å². The monoisotopic (exact) mass is 597 g/mol. The summed E-state index contributed by atoms with van der Waals surface area (Å²) >= 11 is 0.938. The molecule has 1 unspecified atom stereocenters. The minimum Gasteiger partial charge on any atom is -0.487 e. The minimum atomic E-state index is -3.91. The zero-order valence-electron chi connectivity index (χ0n) is 22.0. The average molecular weight is 598 g/mol. The van der Waals surface area contributed by atoms with Crippen LogP contribution in [0.3, 0.4) is 0 Å². The highest BCUT2D eigenvalue weighted by Gasteiger charge is 2.30. The van der Waals surface area contributed by atoms with Gasteiger partial charge in [0.2, 0.25) is 10.2 Å². The van der Waals surface area contributed by atoms with E-state index in [1.807, 2.05) is 38.1 Å². The Hall–Kier alpha value is -4.34. The molecule has 0 bridgehead atoms. The number of rotatable bonds is 11. The van der Waals surface area contributed by atoms with Crippen LogP contribution in [0.1, 0.15) is 31.1 Å². The lowest BCUT2D eigenvalue weighted by Crippen LogP contribution is -2.46. The lowest BCUT2D eigenvalue weighted by atomic mass is 10.0. The van der Waals surface area contributed by atoms with Crippen LogP contribution in [0.15, 0.2) is 59.2 Å². The number of carboxylic acids is 1. The summed E-state index contributed by atoms with van der Waals surface area (Å²) in [5, 5.41) is 26.8. The third-order valence-electron chi connectivity index (χ3n) is 6.43. The fourth-order valence-corrected chi connectivity index (χ4v) is 6.16. The average Bonchev–Trinajstić information content (AvgIpc) is 3.65. The maximum absolute atomic E-state index is 13.3. The highest BCUT2D eigenvalue weighted by Crippen LogP contribution is 2.29. The number of sulfonamides is 1. The molecule has 41 heavy (non-hydrogen) atoms. The largest absolute Gasteiger partial charge is 0.487 e. The highest BCUT2D eigenvalue weighted by atomic mass is 32.2. The van der Waals surface area contributed by atoms with Crippen LogP contribution in [0.2, 0.25) is 0 Å². The molecule has 214 valence electrons. The number of nitrogens with two attached hydrogens (primary N) is 1. The molecule has 3 aromatic heterocycles. The number of ether oxygens (including phenoxy) is 1. The van der Waals surface area contributed by atoms with Crippen molar-refractivity contribution in [2.75, 3.05) is 0 Å². The molecule has 0 aliphatic carbocycles. The van der Waals surface area contributed by atoms with Crippen LogP contribution >= 0.6 is 11.3 Å². The Morgan fingerprint density at radius 3 is 2.73 bits per heavy atom. The molecule has 5 aromatic rings. The van der Waals surface area contributed by atoms with E-state index in [9.17, 15) is 23.1 Å². The molecule has 5 N–H and O–H groups in total. The summed E-state index contributed by atoms with van der Waals surface area (Å²) in [6, 6.07) is 10.5. The Morgan fingerprint density at radius 2 is 2.00 bits per heavy atom. The molecule has 2 aromatic carbocycles. The standard InChI is InChI=1S/C26H27N7O6S2/c1-14(2)23(24(34)29-21(25(35)36)9-15-11-28-19-6-4-3-5-18(15)19)33-12-16(31-32-33)13-39-17-7-8-20-22(10-17)40-26(30-20)41(27,37)38/h3-8,10-12,14,21,23,28H,9,13H2,1-2H3,(H,29,34)(H,35,36)(H2,27,37,38)/t21?,23-/m0/s1. The van der Waals surface area contributed by atoms with E-state index in [0.29, 0.717) is 21.7 Å². The number of benzene rings is 2. The van der Waals surface area contributed by atoms with E-state index in [1.54, 1.807) is 30.6 Å². The van der Waals surface area contributed by atoms with Crippen LogP contribution in [-0.4, -0.2) is 56.4 Å². The van der Waals surface area contributed by atoms with E-state index in [1.165, 1.54) is 4.68 Å². The number of carbonyl (C=O) groups excluding carboxylic acids is 1. The number of aromatic nitrogens is 5. The third-order valence-corrected chi connectivity index (χ3v) is 8.76. The van der Waals surface area contributed by atoms with Gasteiger partial charge in [0.15, 0.2) is 0 Å². The number of nitrogens with one attached hydrogen (secondary N) is 2. The molecule has 0 spiro atoms. The van der Waals surface area contributed by atoms with Crippen LogP contribution in [-0.2, 0) is 32.6 Å². The molecule has 3 heterocycles. The third kappa shape index (κ3) is 6.21. The Bertz CT molecular complexity index is 1840. The summed E-state index contributed by atoms with van der Waals surface area (Å²) in [7, 11) is -3.91. The molecule has 13 nitrogen and oxygen atoms in total. The fraction of sp³-hybridized carbons (Fsp3) is 0.269. The van der Waals surface area contributed by atoms with Crippen molar-refractivity contribution >= 4 is 54.4 Å². The van der Waals surface area contributed by atoms with E-state index >= 15 is 0 Å². The molecule has 0 saturated carbocycles. The van der Waals surface area contributed by atoms with Gasteiger partial charge in [0.1, 0.15) is 30.1 Å². The maximum Gasteiger partial charge on any atom is 0.326 e. The number of primary sulfonamides is 1. The van der Waals surface area contributed by atoms with Gasteiger partial charge in [-0.1, -0.05) is 37.3 Å². The van der Waals surface area contributed by atoms with Crippen molar-refractivity contribution in [1.82, 2.24) is 30.3 Å². The molecule has 2 atom stereocenters. The first kappa shape index (κ1) is 28.2. The summed E-state index contributed by atoms with van der Waals surface area (Å²) in [4.78, 5) is 32.5. The summed E-state index contributed by atoms with van der Waals surface area (Å²) < 4.78 is 30.8. The van der Waals surface area contributed by atoms with Crippen molar-refractivity contribution in [3.8, 4) is 5.75 Å². The smallest absolute Gasteiger partial charge is 0.326 e. The van der Waals surface area contributed by atoms with Crippen LogP contribution in [0.5, 0.6) is 5.75 Å². The van der Waals surface area contributed by atoms with Crippen molar-refractivity contribution in [3.63, 3.8) is 0 Å². The number of hydrogen-bond donors (Lipinski definition) is 4. The molecule has 15 heteroatoms. The summed E-state index contributed by atoms with van der Waals surface area (Å²) in [6.07, 6.45) is 3.43. The number of amides is 1. The van der Waals surface area contributed by atoms with Crippen molar-refractivity contribution in [1.29, 1.82) is 0 Å². The van der Waals surface area contributed by atoms with Crippen molar-refractivity contribution < 1.29 is 27.9 Å². The van der Waals surface area contributed by atoms with Crippen molar-refractivity contribution in [2.45, 2.75) is 43.3 Å². The number of H-pyrrole nitrogens is 1. The Labute approximate surface area is 238 Å². The predicted octanol–water partition coefficient (Wildman–Crippen LogP) is 2.60. The van der Waals surface area contributed by atoms with Gasteiger partial charge in [0.05, 0.1) is 16.4 Å². The van der Waals surface area contributed by atoms with Gasteiger partial charge in [-0.25, -0.2) is 28.0 Å². The number of aliphatic carboxylic acids is 1. The molecule has 1 amide bonds. The molecule has 0 radical (unpaired) electrons. The van der Waals surface area contributed by atoms with Gasteiger partial charge in [0, 0.05) is 23.5 Å². The normalized spacial score (nSPS) is 13.5. The number of carbonyl (C=O) groups is 2. The predicted molar refractivity (Wildman–Crippen MR) is 151 cm³/mol. The number of fused-ring (bicyclic) bond motifs is 2. The second kappa shape index (κ2) is 11.3. The van der Waals surface area contributed by atoms with E-state index < -0.39 is 34.0 Å². The summed E-state index contributed by atoms with van der Waals surface area (Å²) in [5.74, 6) is -1.41. The second-order valence-electron chi connectivity index (χ2n) is 9.78. The lowest BCUT2D eigenvalue weighted by molar-refractivity contribution is -0.142. The molecular formula is C26H27N7O6S2. The number of para-hydroxylation sites is 1. The van der Waals surface area contributed by atoms with Crippen LogP contribution < -0.4 is 15.2 Å². The first-order valence-corrected chi connectivity index (χ1v) is 14.9. The quantitative estimate of drug-likeness (QED) is 0.177. The van der Waals surface area contributed by atoms with Crippen LogP contribution in [0.4, 0.5) is 0 Å².